The lowest BCUT2D eigenvalue weighted by Crippen LogP contribution is -2.39. The highest BCUT2D eigenvalue weighted by Crippen LogP contribution is 2.47. The molecule has 0 N–H and O–H groups in total. The molecule has 1 aliphatic carbocycles. The third-order valence-corrected chi connectivity index (χ3v) is 7.14. The lowest BCUT2D eigenvalue weighted by Gasteiger charge is -2.44. The van der Waals surface area contributed by atoms with E-state index in [0.717, 1.165) is 34.8 Å². The van der Waals surface area contributed by atoms with Gasteiger partial charge in [0, 0.05) is 5.25 Å². The van der Waals surface area contributed by atoms with Crippen LogP contribution in [0.1, 0.15) is 53.4 Å². The maximum absolute atomic E-state index is 2.53. The van der Waals surface area contributed by atoms with Crippen molar-refractivity contribution in [3.8, 4) is 0 Å². The van der Waals surface area contributed by atoms with Crippen molar-refractivity contribution in [2.24, 2.45) is 29.6 Å². The molecule has 1 saturated carbocycles. The van der Waals surface area contributed by atoms with E-state index in [2.05, 4.69) is 39.5 Å². The molecule has 2 aliphatic rings. The highest BCUT2D eigenvalue weighted by molar-refractivity contribution is 7.99. The van der Waals surface area contributed by atoms with Gasteiger partial charge in [0.25, 0.3) is 0 Å². The monoisotopic (exact) mass is 240 g/mol. The fraction of sp³-hybridized carbons (Fsp3) is 1.00. The summed E-state index contributed by atoms with van der Waals surface area (Å²) in [6.45, 7) is 10.0. The largest absolute Gasteiger partial charge is 0.158 e. The van der Waals surface area contributed by atoms with Gasteiger partial charge in [-0.15, -0.1) is 0 Å². The average molecular weight is 240 g/mol. The van der Waals surface area contributed by atoms with Gasteiger partial charge in [0.2, 0.25) is 0 Å². The lowest BCUT2D eigenvalue weighted by molar-refractivity contribution is 0.135. The Morgan fingerprint density at radius 1 is 0.812 bits per heavy atom. The first-order valence-corrected chi connectivity index (χ1v) is 8.27. The Balaban J connectivity index is 2.18. The molecule has 0 spiro atoms. The topological polar surface area (TPSA) is 0 Å². The van der Waals surface area contributed by atoms with Crippen LogP contribution in [0.3, 0.4) is 0 Å². The van der Waals surface area contributed by atoms with E-state index in [4.69, 9.17) is 0 Å². The summed E-state index contributed by atoms with van der Waals surface area (Å²) in [5.74, 6) is 6.16. The Labute approximate surface area is 106 Å². The second kappa shape index (κ2) is 5.33. The Kier molecular flexibility index (Phi) is 4.26. The maximum Gasteiger partial charge on any atom is 0.00756 e. The number of thioether (sulfide) groups is 1. The van der Waals surface area contributed by atoms with Gasteiger partial charge < -0.3 is 0 Å². The fourth-order valence-corrected chi connectivity index (χ4v) is 5.69. The van der Waals surface area contributed by atoms with Gasteiger partial charge in [-0.25, -0.2) is 0 Å². The van der Waals surface area contributed by atoms with Gasteiger partial charge in [0.15, 0.2) is 0 Å². The van der Waals surface area contributed by atoms with Crippen molar-refractivity contribution in [1.29, 1.82) is 0 Å². The zero-order chi connectivity index (χ0) is 11.7. The van der Waals surface area contributed by atoms with E-state index < -0.39 is 0 Å². The molecule has 0 aromatic heterocycles. The van der Waals surface area contributed by atoms with E-state index >= 15 is 0 Å². The minimum atomic E-state index is 0.937. The molecule has 1 saturated heterocycles. The van der Waals surface area contributed by atoms with Crippen molar-refractivity contribution in [2.45, 2.75) is 58.6 Å². The summed E-state index contributed by atoms with van der Waals surface area (Å²) in [7, 11) is 0. The molecule has 0 aromatic carbocycles. The molecule has 6 atom stereocenters. The Bertz CT molecular complexity index is 221. The van der Waals surface area contributed by atoms with Crippen LogP contribution in [-0.4, -0.2) is 11.0 Å². The number of hydrogen-bond donors (Lipinski definition) is 0. The SMILES string of the molecule is CC1CCCCC2SCC(C)C(C1C)C2C. The van der Waals surface area contributed by atoms with Crippen LogP contribution in [-0.2, 0) is 0 Å². The summed E-state index contributed by atoms with van der Waals surface area (Å²) >= 11 is 2.27. The van der Waals surface area contributed by atoms with Crippen LogP contribution < -0.4 is 0 Å². The zero-order valence-corrected chi connectivity index (χ0v) is 12.2. The predicted molar refractivity (Wildman–Crippen MR) is 74.9 cm³/mol. The Morgan fingerprint density at radius 3 is 2.25 bits per heavy atom. The summed E-state index contributed by atoms with van der Waals surface area (Å²) in [6.07, 6.45) is 5.89. The van der Waals surface area contributed by atoms with E-state index in [1.807, 2.05) is 0 Å². The molecule has 94 valence electrons. The Hall–Kier alpha value is 0.350. The molecule has 1 heterocycles. The van der Waals surface area contributed by atoms with Gasteiger partial charge in [-0.2, -0.15) is 11.8 Å². The normalized spacial score (nSPS) is 50.2. The van der Waals surface area contributed by atoms with Gasteiger partial charge in [0.1, 0.15) is 0 Å². The summed E-state index contributed by atoms with van der Waals surface area (Å²) < 4.78 is 0. The van der Waals surface area contributed by atoms with Gasteiger partial charge in [-0.05, 0) is 41.8 Å². The van der Waals surface area contributed by atoms with Gasteiger partial charge in [-0.1, -0.05) is 47.0 Å². The highest BCUT2D eigenvalue weighted by Gasteiger charge is 2.39. The molecule has 2 bridgehead atoms. The third-order valence-electron chi connectivity index (χ3n) is 5.33. The quantitative estimate of drug-likeness (QED) is 0.584. The summed E-state index contributed by atoms with van der Waals surface area (Å²) in [4.78, 5) is 0. The minimum absolute atomic E-state index is 0.937. The second-order valence-electron chi connectivity index (χ2n) is 6.41. The highest BCUT2D eigenvalue weighted by atomic mass is 32.2. The van der Waals surface area contributed by atoms with Crippen molar-refractivity contribution in [1.82, 2.24) is 0 Å². The number of fused-ring (bicyclic) bond motifs is 2. The standard InChI is InChI=1S/C15H28S/c1-10-7-5-6-8-14-13(4)15(12(10)3)11(2)9-16-14/h10-15H,5-9H2,1-4H3. The van der Waals surface area contributed by atoms with Crippen LogP contribution >= 0.6 is 11.8 Å². The van der Waals surface area contributed by atoms with Crippen molar-refractivity contribution < 1.29 is 0 Å². The molecule has 1 aliphatic heterocycles. The molecule has 6 unspecified atom stereocenters. The first-order valence-electron chi connectivity index (χ1n) is 7.23. The molecule has 2 rings (SSSR count). The van der Waals surface area contributed by atoms with Crippen LogP contribution in [0, 0.1) is 29.6 Å². The van der Waals surface area contributed by atoms with Crippen LogP contribution in [0.4, 0.5) is 0 Å². The molecule has 0 amide bonds. The Morgan fingerprint density at radius 2 is 1.50 bits per heavy atom. The average Bonchev–Trinajstić information content (AvgIpc) is 2.28. The second-order valence-corrected chi connectivity index (χ2v) is 7.68. The van der Waals surface area contributed by atoms with Crippen molar-refractivity contribution in [3.05, 3.63) is 0 Å². The number of hydrogen-bond acceptors (Lipinski definition) is 1. The maximum atomic E-state index is 2.53. The summed E-state index contributed by atoms with van der Waals surface area (Å²) in [5, 5.41) is 0.967. The van der Waals surface area contributed by atoms with Gasteiger partial charge in [0.05, 0.1) is 0 Å². The van der Waals surface area contributed by atoms with E-state index in [1.54, 1.807) is 0 Å². The first-order chi connectivity index (χ1) is 7.61. The first kappa shape index (κ1) is 12.8. The summed E-state index contributed by atoms with van der Waals surface area (Å²) in [5.41, 5.74) is 0. The molecular weight excluding hydrogens is 212 g/mol. The molecule has 0 nitrogen and oxygen atoms in total. The van der Waals surface area contributed by atoms with Gasteiger partial charge in [-0.3, -0.25) is 0 Å². The van der Waals surface area contributed by atoms with Gasteiger partial charge >= 0.3 is 0 Å². The van der Waals surface area contributed by atoms with Crippen molar-refractivity contribution in [2.75, 3.05) is 5.75 Å². The molecule has 0 radical (unpaired) electrons. The van der Waals surface area contributed by atoms with E-state index in [9.17, 15) is 0 Å². The summed E-state index contributed by atoms with van der Waals surface area (Å²) in [6, 6.07) is 0. The minimum Gasteiger partial charge on any atom is -0.158 e. The van der Waals surface area contributed by atoms with E-state index in [0.29, 0.717) is 0 Å². The molecule has 1 heteroatoms. The number of rotatable bonds is 0. The van der Waals surface area contributed by atoms with Crippen LogP contribution in [0.5, 0.6) is 0 Å². The molecule has 0 aromatic rings. The molecule has 2 fully saturated rings. The van der Waals surface area contributed by atoms with Crippen LogP contribution in [0.15, 0.2) is 0 Å². The smallest absolute Gasteiger partial charge is 0.00756 e. The molecule has 16 heavy (non-hydrogen) atoms. The zero-order valence-electron chi connectivity index (χ0n) is 11.4. The van der Waals surface area contributed by atoms with Crippen LogP contribution in [0.25, 0.3) is 0 Å². The fourth-order valence-electron chi connectivity index (χ4n) is 4.10. The van der Waals surface area contributed by atoms with Crippen molar-refractivity contribution in [3.63, 3.8) is 0 Å². The van der Waals surface area contributed by atoms with E-state index in [-0.39, 0.29) is 0 Å². The third kappa shape index (κ3) is 2.44. The van der Waals surface area contributed by atoms with Crippen molar-refractivity contribution >= 4 is 11.8 Å². The molecular formula is C15H28S. The lowest BCUT2D eigenvalue weighted by atomic mass is 9.69. The van der Waals surface area contributed by atoms with Crippen LogP contribution in [0.2, 0.25) is 0 Å². The van der Waals surface area contributed by atoms with E-state index in [1.165, 1.54) is 31.4 Å². The predicted octanol–water partition coefficient (Wildman–Crippen LogP) is 4.84.